The molecule has 136 valence electrons. The predicted octanol–water partition coefficient (Wildman–Crippen LogP) is 1.13. The Morgan fingerprint density at radius 2 is 2.12 bits per heavy atom. The van der Waals surface area contributed by atoms with Crippen LogP contribution in [0.4, 0.5) is 4.79 Å². The molecule has 0 saturated carbocycles. The second-order valence-corrected chi connectivity index (χ2v) is 6.87. The monoisotopic (exact) mass is 367 g/mol. The number of amides is 4. The van der Waals surface area contributed by atoms with E-state index in [1.165, 1.54) is 16.2 Å². The van der Waals surface area contributed by atoms with E-state index in [-0.39, 0.29) is 11.9 Å². The lowest BCUT2D eigenvalue weighted by Gasteiger charge is -2.22. The van der Waals surface area contributed by atoms with E-state index in [1.807, 2.05) is 0 Å². The van der Waals surface area contributed by atoms with Gasteiger partial charge in [-0.1, -0.05) is 6.07 Å². The molecule has 2 heterocycles. The first-order valence-electron chi connectivity index (χ1n) is 8.00. The first-order valence-corrected chi connectivity index (χ1v) is 8.88. The molecule has 2 N–H and O–H groups in total. The molecule has 1 aromatic heterocycles. The summed E-state index contributed by atoms with van der Waals surface area (Å²) in [5.74, 6) is -1.57. The number of likely N-dealkylation sites (tertiary alicyclic amines) is 1. The molecular formula is C16H21N3O5S. The number of urea groups is 1. The molecule has 0 bridgehead atoms. The lowest BCUT2D eigenvalue weighted by Crippen LogP contribution is -2.45. The summed E-state index contributed by atoms with van der Waals surface area (Å²) in [6.07, 6.45) is 1.19. The van der Waals surface area contributed by atoms with E-state index < -0.39 is 30.6 Å². The number of carbonyl (C=O) groups is 4. The SMILES string of the molecule is CC(C)NC(=O)NC(=O)COC(=O)[C@@H]1CCCN1C(=O)c1cccs1. The van der Waals surface area contributed by atoms with Crippen molar-refractivity contribution in [2.75, 3.05) is 13.2 Å². The molecule has 0 radical (unpaired) electrons. The molecule has 0 aliphatic carbocycles. The van der Waals surface area contributed by atoms with Gasteiger partial charge in [-0.15, -0.1) is 11.3 Å². The highest BCUT2D eigenvalue weighted by atomic mass is 32.1. The highest BCUT2D eigenvalue weighted by molar-refractivity contribution is 7.12. The normalized spacial score (nSPS) is 16.6. The van der Waals surface area contributed by atoms with Crippen LogP contribution in [0.25, 0.3) is 0 Å². The molecule has 1 atom stereocenters. The zero-order valence-electron chi connectivity index (χ0n) is 14.1. The molecule has 0 aromatic carbocycles. The summed E-state index contributed by atoms with van der Waals surface area (Å²) in [7, 11) is 0. The van der Waals surface area contributed by atoms with E-state index in [2.05, 4.69) is 10.6 Å². The summed E-state index contributed by atoms with van der Waals surface area (Å²) in [5.41, 5.74) is 0. The van der Waals surface area contributed by atoms with Crippen LogP contribution in [0.3, 0.4) is 0 Å². The third-order valence-electron chi connectivity index (χ3n) is 3.54. The number of hydrogen-bond donors (Lipinski definition) is 2. The van der Waals surface area contributed by atoms with E-state index in [1.54, 1.807) is 31.4 Å². The number of hydrogen-bond acceptors (Lipinski definition) is 6. The average molecular weight is 367 g/mol. The maximum absolute atomic E-state index is 12.4. The van der Waals surface area contributed by atoms with Crippen molar-refractivity contribution < 1.29 is 23.9 Å². The van der Waals surface area contributed by atoms with Crippen molar-refractivity contribution in [1.29, 1.82) is 0 Å². The smallest absolute Gasteiger partial charge is 0.329 e. The topological polar surface area (TPSA) is 105 Å². The Kier molecular flexibility index (Phi) is 6.51. The summed E-state index contributed by atoms with van der Waals surface area (Å²) in [5, 5.41) is 6.35. The van der Waals surface area contributed by atoms with Crippen molar-refractivity contribution in [3.63, 3.8) is 0 Å². The van der Waals surface area contributed by atoms with Crippen molar-refractivity contribution >= 4 is 35.2 Å². The zero-order valence-corrected chi connectivity index (χ0v) is 14.9. The van der Waals surface area contributed by atoms with Gasteiger partial charge in [0.1, 0.15) is 6.04 Å². The van der Waals surface area contributed by atoms with Crippen LogP contribution in [-0.4, -0.2) is 54.0 Å². The van der Waals surface area contributed by atoms with Gasteiger partial charge in [0.25, 0.3) is 11.8 Å². The lowest BCUT2D eigenvalue weighted by atomic mass is 10.2. The van der Waals surface area contributed by atoms with Gasteiger partial charge in [-0.05, 0) is 38.1 Å². The van der Waals surface area contributed by atoms with Gasteiger partial charge in [0.2, 0.25) is 0 Å². The van der Waals surface area contributed by atoms with Crippen LogP contribution < -0.4 is 10.6 Å². The third-order valence-corrected chi connectivity index (χ3v) is 4.39. The summed E-state index contributed by atoms with van der Waals surface area (Å²) in [6.45, 7) is 3.41. The van der Waals surface area contributed by atoms with E-state index in [4.69, 9.17) is 4.74 Å². The molecule has 0 spiro atoms. The number of nitrogens with one attached hydrogen (secondary N) is 2. The van der Waals surface area contributed by atoms with Crippen molar-refractivity contribution in [2.45, 2.75) is 38.8 Å². The van der Waals surface area contributed by atoms with E-state index in [0.717, 1.165) is 0 Å². The molecular weight excluding hydrogens is 346 g/mol. The van der Waals surface area contributed by atoms with Crippen LogP contribution in [0.1, 0.15) is 36.4 Å². The van der Waals surface area contributed by atoms with Gasteiger partial charge in [0, 0.05) is 12.6 Å². The van der Waals surface area contributed by atoms with E-state index in [0.29, 0.717) is 24.3 Å². The fourth-order valence-electron chi connectivity index (χ4n) is 2.49. The van der Waals surface area contributed by atoms with E-state index >= 15 is 0 Å². The molecule has 9 heteroatoms. The van der Waals surface area contributed by atoms with Crippen molar-refractivity contribution in [2.24, 2.45) is 0 Å². The largest absolute Gasteiger partial charge is 0.454 e. The minimum absolute atomic E-state index is 0.120. The fraction of sp³-hybridized carbons (Fsp3) is 0.500. The Morgan fingerprint density at radius 3 is 2.76 bits per heavy atom. The number of nitrogens with zero attached hydrogens (tertiary/aromatic N) is 1. The third kappa shape index (κ3) is 5.28. The van der Waals surface area contributed by atoms with Crippen LogP contribution >= 0.6 is 11.3 Å². The Morgan fingerprint density at radius 1 is 1.36 bits per heavy atom. The molecule has 2 rings (SSSR count). The number of thiophene rings is 1. The highest BCUT2D eigenvalue weighted by Gasteiger charge is 2.36. The van der Waals surface area contributed by atoms with Gasteiger partial charge < -0.3 is 15.0 Å². The van der Waals surface area contributed by atoms with Gasteiger partial charge in [-0.3, -0.25) is 14.9 Å². The number of carbonyl (C=O) groups excluding carboxylic acids is 4. The minimum atomic E-state index is -0.722. The summed E-state index contributed by atoms with van der Waals surface area (Å²) < 4.78 is 4.97. The maximum Gasteiger partial charge on any atom is 0.329 e. The van der Waals surface area contributed by atoms with E-state index in [9.17, 15) is 19.2 Å². The molecule has 4 amide bonds. The zero-order chi connectivity index (χ0) is 18.4. The van der Waals surface area contributed by atoms with Crippen molar-refractivity contribution in [3.8, 4) is 0 Å². The Hall–Kier alpha value is -2.42. The number of imide groups is 1. The van der Waals surface area contributed by atoms with Crippen molar-refractivity contribution in [3.05, 3.63) is 22.4 Å². The molecule has 1 saturated heterocycles. The van der Waals surface area contributed by atoms with Crippen LogP contribution in [0.15, 0.2) is 17.5 Å². The van der Waals surface area contributed by atoms with Gasteiger partial charge in [0.15, 0.2) is 6.61 Å². The van der Waals surface area contributed by atoms with Crippen molar-refractivity contribution in [1.82, 2.24) is 15.5 Å². The van der Waals surface area contributed by atoms with Gasteiger partial charge in [-0.25, -0.2) is 9.59 Å². The van der Waals surface area contributed by atoms with Crippen LogP contribution in [0, 0.1) is 0 Å². The van der Waals surface area contributed by atoms with Crippen LogP contribution in [-0.2, 0) is 14.3 Å². The molecule has 0 unspecified atom stereocenters. The molecule has 1 fully saturated rings. The Labute approximate surface area is 149 Å². The number of ether oxygens (including phenoxy) is 1. The number of rotatable bonds is 5. The maximum atomic E-state index is 12.4. The fourth-order valence-corrected chi connectivity index (χ4v) is 3.17. The van der Waals surface area contributed by atoms with Gasteiger partial charge in [0.05, 0.1) is 4.88 Å². The average Bonchev–Trinajstić information content (AvgIpc) is 3.22. The molecule has 25 heavy (non-hydrogen) atoms. The van der Waals surface area contributed by atoms with Gasteiger partial charge >= 0.3 is 12.0 Å². The van der Waals surface area contributed by atoms with Crippen LogP contribution in [0.2, 0.25) is 0 Å². The lowest BCUT2D eigenvalue weighted by molar-refractivity contribution is -0.152. The summed E-state index contributed by atoms with van der Waals surface area (Å²) in [6, 6.07) is 2.01. The number of esters is 1. The molecule has 1 aliphatic rings. The Bertz CT molecular complexity index is 644. The van der Waals surface area contributed by atoms with Crippen LogP contribution in [0.5, 0.6) is 0 Å². The van der Waals surface area contributed by atoms with Gasteiger partial charge in [-0.2, -0.15) is 0 Å². The first kappa shape index (κ1) is 18.9. The first-order chi connectivity index (χ1) is 11.9. The molecule has 1 aromatic rings. The molecule has 8 nitrogen and oxygen atoms in total. The standard InChI is InChI=1S/C16H21N3O5S/c1-10(2)17-16(23)18-13(20)9-24-15(22)11-5-3-7-19(11)14(21)12-6-4-8-25-12/h4,6,8,10-11H,3,5,7,9H2,1-2H3,(H2,17,18,20,23)/t11-/m0/s1. The quantitative estimate of drug-likeness (QED) is 0.759. The minimum Gasteiger partial charge on any atom is -0.454 e. The summed E-state index contributed by atoms with van der Waals surface area (Å²) in [4.78, 5) is 49.7. The molecule has 1 aliphatic heterocycles. The summed E-state index contributed by atoms with van der Waals surface area (Å²) >= 11 is 1.31. The highest BCUT2D eigenvalue weighted by Crippen LogP contribution is 2.23. The second-order valence-electron chi connectivity index (χ2n) is 5.92. The Balaban J connectivity index is 1.84. The second kappa shape index (κ2) is 8.61. The predicted molar refractivity (Wildman–Crippen MR) is 91.1 cm³/mol.